The Hall–Kier alpha value is -1.08. The molecular formula is C11H17N. The summed E-state index contributed by atoms with van der Waals surface area (Å²) >= 11 is 0. The van der Waals surface area contributed by atoms with Crippen LogP contribution >= 0.6 is 0 Å². The lowest BCUT2D eigenvalue weighted by atomic mass is 9.71. The van der Waals surface area contributed by atoms with E-state index >= 15 is 0 Å². The Morgan fingerprint density at radius 2 is 1.25 bits per heavy atom. The predicted octanol–water partition coefficient (Wildman–Crippen LogP) is 2.43. The van der Waals surface area contributed by atoms with Gasteiger partial charge in [0.1, 0.15) is 0 Å². The molecule has 0 aromatic carbocycles. The lowest BCUT2D eigenvalue weighted by molar-refractivity contribution is 0.396. The van der Waals surface area contributed by atoms with E-state index in [1.165, 1.54) is 0 Å². The minimum Gasteiger partial charge on any atom is -0.318 e. The molecule has 0 atom stereocenters. The molecule has 12 heavy (non-hydrogen) atoms. The quantitative estimate of drug-likeness (QED) is 0.619. The van der Waals surface area contributed by atoms with Crippen molar-refractivity contribution < 1.29 is 0 Å². The van der Waals surface area contributed by atoms with Gasteiger partial charge in [-0.2, -0.15) is 0 Å². The third-order valence-electron chi connectivity index (χ3n) is 2.46. The molecule has 0 saturated carbocycles. The van der Waals surface area contributed by atoms with Gasteiger partial charge in [-0.15, -0.1) is 26.3 Å². The SMILES string of the molecule is C=CC(C)(C=C)C(N)(C=C)C=C. The third kappa shape index (κ3) is 1.41. The second-order valence-corrected chi connectivity index (χ2v) is 3.03. The van der Waals surface area contributed by atoms with Crippen molar-refractivity contribution in [3.8, 4) is 0 Å². The summed E-state index contributed by atoms with van der Waals surface area (Å²) in [5.41, 5.74) is 4.96. The van der Waals surface area contributed by atoms with Crippen LogP contribution in [-0.2, 0) is 0 Å². The molecular weight excluding hydrogens is 146 g/mol. The van der Waals surface area contributed by atoms with Gasteiger partial charge in [0, 0.05) is 5.41 Å². The summed E-state index contributed by atoms with van der Waals surface area (Å²) in [7, 11) is 0. The molecule has 0 aliphatic carbocycles. The first kappa shape index (κ1) is 10.9. The molecule has 0 saturated heterocycles. The van der Waals surface area contributed by atoms with Gasteiger partial charge < -0.3 is 5.73 Å². The summed E-state index contributed by atoms with van der Waals surface area (Å²) in [5.74, 6) is 0. The molecule has 0 aromatic heterocycles. The fraction of sp³-hybridized carbons (Fsp3) is 0.273. The Morgan fingerprint density at radius 1 is 0.917 bits per heavy atom. The number of nitrogens with two attached hydrogens (primary N) is 1. The maximum Gasteiger partial charge on any atom is 0.0644 e. The first-order chi connectivity index (χ1) is 5.49. The topological polar surface area (TPSA) is 26.0 Å². The zero-order chi connectivity index (χ0) is 9.83. The largest absolute Gasteiger partial charge is 0.318 e. The van der Waals surface area contributed by atoms with Crippen LogP contribution in [0.1, 0.15) is 6.92 Å². The Morgan fingerprint density at radius 3 is 1.33 bits per heavy atom. The van der Waals surface area contributed by atoms with Crippen molar-refractivity contribution in [2.75, 3.05) is 0 Å². The van der Waals surface area contributed by atoms with E-state index in [1.54, 1.807) is 24.3 Å². The molecule has 0 aliphatic rings. The van der Waals surface area contributed by atoms with Crippen LogP contribution in [-0.4, -0.2) is 5.54 Å². The minimum atomic E-state index is -0.670. The van der Waals surface area contributed by atoms with Gasteiger partial charge in [0.2, 0.25) is 0 Å². The van der Waals surface area contributed by atoms with Crippen molar-refractivity contribution in [1.82, 2.24) is 0 Å². The summed E-state index contributed by atoms with van der Waals surface area (Å²) < 4.78 is 0. The van der Waals surface area contributed by atoms with Crippen molar-refractivity contribution in [3.63, 3.8) is 0 Å². The summed E-state index contributed by atoms with van der Waals surface area (Å²) in [6, 6.07) is 0. The number of hydrogen-bond donors (Lipinski definition) is 1. The Balaban J connectivity index is 5.17. The predicted molar refractivity (Wildman–Crippen MR) is 55.8 cm³/mol. The maximum atomic E-state index is 6.02. The van der Waals surface area contributed by atoms with E-state index in [-0.39, 0.29) is 0 Å². The van der Waals surface area contributed by atoms with Crippen LogP contribution in [0.15, 0.2) is 50.6 Å². The van der Waals surface area contributed by atoms with Crippen molar-refractivity contribution >= 4 is 0 Å². The standard InChI is InChI=1S/C11H17N/c1-6-10(5,7-2)11(12,8-3)9-4/h6-9H,1-4,12H2,5H3. The van der Waals surface area contributed by atoms with Gasteiger partial charge in [-0.05, 0) is 0 Å². The Bertz CT molecular complexity index is 173. The van der Waals surface area contributed by atoms with Gasteiger partial charge in [-0.1, -0.05) is 31.2 Å². The highest BCUT2D eigenvalue weighted by Gasteiger charge is 2.35. The molecule has 0 fully saturated rings. The second kappa shape index (κ2) is 3.55. The zero-order valence-electron chi connectivity index (χ0n) is 7.72. The fourth-order valence-electron chi connectivity index (χ4n) is 0.960. The fourth-order valence-corrected chi connectivity index (χ4v) is 0.960. The van der Waals surface area contributed by atoms with Crippen LogP contribution in [0.3, 0.4) is 0 Å². The molecule has 0 amide bonds. The van der Waals surface area contributed by atoms with Crippen molar-refractivity contribution in [1.29, 1.82) is 0 Å². The highest BCUT2D eigenvalue weighted by molar-refractivity contribution is 5.29. The average molecular weight is 163 g/mol. The van der Waals surface area contributed by atoms with Crippen LogP contribution in [0.2, 0.25) is 0 Å². The molecule has 1 heteroatoms. The third-order valence-corrected chi connectivity index (χ3v) is 2.46. The number of hydrogen-bond acceptors (Lipinski definition) is 1. The normalized spacial score (nSPS) is 11.8. The van der Waals surface area contributed by atoms with E-state index in [2.05, 4.69) is 26.3 Å². The lowest BCUT2D eigenvalue weighted by Crippen LogP contribution is -2.48. The average Bonchev–Trinajstić information content (AvgIpc) is 2.15. The summed E-state index contributed by atoms with van der Waals surface area (Å²) in [6.07, 6.45) is 6.82. The van der Waals surface area contributed by atoms with E-state index in [1.807, 2.05) is 6.92 Å². The monoisotopic (exact) mass is 163 g/mol. The van der Waals surface area contributed by atoms with Crippen LogP contribution in [0.4, 0.5) is 0 Å². The molecule has 0 spiro atoms. The second-order valence-electron chi connectivity index (χ2n) is 3.03. The molecule has 1 nitrogen and oxygen atoms in total. The van der Waals surface area contributed by atoms with Crippen LogP contribution in [0, 0.1) is 5.41 Å². The molecule has 0 aromatic rings. The maximum absolute atomic E-state index is 6.02. The Kier molecular flexibility index (Phi) is 3.23. The van der Waals surface area contributed by atoms with Gasteiger partial charge in [-0.3, -0.25) is 0 Å². The lowest BCUT2D eigenvalue weighted by Gasteiger charge is -2.37. The van der Waals surface area contributed by atoms with Crippen molar-refractivity contribution in [3.05, 3.63) is 50.6 Å². The molecule has 0 radical (unpaired) electrons. The van der Waals surface area contributed by atoms with Crippen LogP contribution < -0.4 is 5.73 Å². The summed E-state index contributed by atoms with van der Waals surface area (Å²) in [4.78, 5) is 0. The molecule has 0 aliphatic heterocycles. The van der Waals surface area contributed by atoms with E-state index < -0.39 is 11.0 Å². The molecule has 0 unspecified atom stereocenters. The molecule has 0 bridgehead atoms. The zero-order valence-corrected chi connectivity index (χ0v) is 7.72. The van der Waals surface area contributed by atoms with E-state index in [9.17, 15) is 0 Å². The van der Waals surface area contributed by atoms with Gasteiger partial charge in [0.25, 0.3) is 0 Å². The first-order valence-electron chi connectivity index (χ1n) is 3.83. The van der Waals surface area contributed by atoms with E-state index in [0.29, 0.717) is 0 Å². The van der Waals surface area contributed by atoms with Crippen molar-refractivity contribution in [2.45, 2.75) is 12.5 Å². The van der Waals surface area contributed by atoms with Gasteiger partial charge in [-0.25, -0.2) is 0 Å². The summed E-state index contributed by atoms with van der Waals surface area (Å²) in [5, 5.41) is 0. The summed E-state index contributed by atoms with van der Waals surface area (Å²) in [6.45, 7) is 16.7. The number of rotatable bonds is 5. The smallest absolute Gasteiger partial charge is 0.0644 e. The molecule has 0 heterocycles. The van der Waals surface area contributed by atoms with Crippen LogP contribution in [0.25, 0.3) is 0 Å². The van der Waals surface area contributed by atoms with E-state index in [4.69, 9.17) is 5.73 Å². The Labute approximate surface area is 75.0 Å². The van der Waals surface area contributed by atoms with Crippen molar-refractivity contribution in [2.24, 2.45) is 11.1 Å². The highest BCUT2D eigenvalue weighted by atomic mass is 14.8. The van der Waals surface area contributed by atoms with E-state index in [0.717, 1.165) is 0 Å². The molecule has 2 N–H and O–H groups in total. The van der Waals surface area contributed by atoms with Gasteiger partial charge in [0.05, 0.1) is 5.54 Å². The van der Waals surface area contributed by atoms with Gasteiger partial charge in [0.15, 0.2) is 0 Å². The highest BCUT2D eigenvalue weighted by Crippen LogP contribution is 2.33. The minimum absolute atomic E-state index is 0.392. The van der Waals surface area contributed by atoms with Crippen LogP contribution in [0.5, 0.6) is 0 Å². The first-order valence-corrected chi connectivity index (χ1v) is 3.83. The molecule has 66 valence electrons. The van der Waals surface area contributed by atoms with Gasteiger partial charge >= 0.3 is 0 Å². The molecule has 0 rings (SSSR count).